The largest absolute Gasteiger partial charge is 0.505 e. The van der Waals surface area contributed by atoms with Gasteiger partial charge in [0.05, 0.1) is 35.0 Å². The Hall–Kier alpha value is -4.51. The fourth-order valence-corrected chi connectivity index (χ4v) is 5.54. The van der Waals surface area contributed by atoms with Gasteiger partial charge in [-0.2, -0.15) is 0 Å². The van der Waals surface area contributed by atoms with Crippen molar-refractivity contribution in [1.29, 1.82) is 0 Å². The number of fused-ring (bicyclic) bond motifs is 1. The number of methoxy groups -OCH3 is 1. The quantitative estimate of drug-likeness (QED) is 0.176. The molecule has 3 aromatic heterocycles. The normalized spacial score (nSPS) is 17.1. The number of hydrogen-bond acceptors (Lipinski definition) is 9. The maximum Gasteiger partial charge on any atom is 0.301 e. The molecule has 1 saturated heterocycles. The van der Waals surface area contributed by atoms with Crippen LogP contribution in [0.4, 0.5) is 5.13 Å². The summed E-state index contributed by atoms with van der Waals surface area (Å²) in [5.41, 5.74) is 1.92. The molecule has 0 bridgehead atoms. The first kappa shape index (κ1) is 24.2. The van der Waals surface area contributed by atoms with Gasteiger partial charge >= 0.3 is 5.91 Å². The monoisotopic (exact) mass is 518 g/mol. The lowest BCUT2D eigenvalue weighted by Gasteiger charge is -2.23. The standard InChI is InChI=1S/C26H22N4O6S/c1-12-20(29-10-6-5-7-18(29)27-12)22(33)19-21(15-8-9-16(32)17(11-15)36-4)30(25(35)23(19)34)26-28-13(2)24(37-26)14(3)31/h5-11,21,32-33H,1-4H3. The summed E-state index contributed by atoms with van der Waals surface area (Å²) in [4.78, 5) is 49.4. The Balaban J connectivity index is 1.80. The first-order chi connectivity index (χ1) is 17.6. The van der Waals surface area contributed by atoms with Crippen molar-refractivity contribution in [3.63, 3.8) is 0 Å². The van der Waals surface area contributed by atoms with E-state index in [1.54, 1.807) is 42.6 Å². The number of hydrogen-bond donors (Lipinski definition) is 2. The second kappa shape index (κ2) is 8.86. The van der Waals surface area contributed by atoms with Crippen LogP contribution < -0.4 is 9.64 Å². The molecule has 1 amide bonds. The number of phenols is 1. The van der Waals surface area contributed by atoms with E-state index in [4.69, 9.17) is 4.74 Å². The Kier molecular flexibility index (Phi) is 5.79. The minimum Gasteiger partial charge on any atom is -0.505 e. The van der Waals surface area contributed by atoms with Crippen LogP contribution in [0.2, 0.25) is 0 Å². The predicted octanol–water partition coefficient (Wildman–Crippen LogP) is 3.95. The topological polar surface area (TPSA) is 134 Å². The van der Waals surface area contributed by atoms with Crippen molar-refractivity contribution in [2.75, 3.05) is 12.0 Å². The van der Waals surface area contributed by atoms with Crippen LogP contribution in [0.3, 0.4) is 0 Å². The Bertz CT molecular complexity index is 1650. The SMILES string of the molecule is COc1cc(C2C(=C(O)c3c(C)nc4ccccn34)C(=O)C(=O)N2c2nc(C)c(C(C)=O)s2)ccc1O. The number of phenolic OH excluding ortho intramolecular Hbond substituents is 1. The molecule has 0 saturated carbocycles. The molecule has 5 rings (SSSR count). The zero-order valence-electron chi connectivity index (χ0n) is 20.3. The second-order valence-corrected chi connectivity index (χ2v) is 9.52. The molecule has 11 heteroatoms. The van der Waals surface area contributed by atoms with Crippen molar-refractivity contribution < 1.29 is 29.3 Å². The van der Waals surface area contributed by atoms with E-state index in [1.165, 1.54) is 37.1 Å². The van der Waals surface area contributed by atoms with Crippen LogP contribution in [0.1, 0.15) is 45.3 Å². The molecule has 0 radical (unpaired) electrons. The summed E-state index contributed by atoms with van der Waals surface area (Å²) in [5, 5.41) is 21.9. The lowest BCUT2D eigenvalue weighted by atomic mass is 9.96. The van der Waals surface area contributed by atoms with Gasteiger partial charge in [-0.25, -0.2) is 9.97 Å². The molecule has 2 N–H and O–H groups in total. The van der Waals surface area contributed by atoms with E-state index in [1.807, 2.05) is 0 Å². The first-order valence-electron chi connectivity index (χ1n) is 11.2. The number of carbonyl (C=O) groups excluding carboxylic acids is 3. The number of amides is 1. The van der Waals surface area contributed by atoms with Crippen molar-refractivity contribution in [3.05, 3.63) is 75.7 Å². The summed E-state index contributed by atoms with van der Waals surface area (Å²) in [6.07, 6.45) is 1.70. The summed E-state index contributed by atoms with van der Waals surface area (Å²) in [5.74, 6) is -2.47. The molecule has 1 aromatic carbocycles. The van der Waals surface area contributed by atoms with Crippen LogP contribution in [0, 0.1) is 13.8 Å². The number of thiazole rings is 1. The maximum absolute atomic E-state index is 13.5. The van der Waals surface area contributed by atoms with Crippen molar-refractivity contribution in [1.82, 2.24) is 14.4 Å². The molecule has 1 aliphatic rings. The summed E-state index contributed by atoms with van der Waals surface area (Å²) >= 11 is 0.989. The number of nitrogens with zero attached hydrogens (tertiary/aromatic N) is 4. The number of anilines is 1. The Morgan fingerprint density at radius 2 is 1.86 bits per heavy atom. The van der Waals surface area contributed by atoms with Gasteiger partial charge in [0.1, 0.15) is 11.3 Å². The molecule has 10 nitrogen and oxygen atoms in total. The highest BCUT2D eigenvalue weighted by atomic mass is 32.1. The number of ketones is 2. The number of aliphatic hydroxyl groups excluding tert-OH is 1. The zero-order chi connectivity index (χ0) is 26.6. The number of aliphatic hydroxyl groups is 1. The van der Waals surface area contributed by atoms with E-state index >= 15 is 0 Å². The number of aryl methyl sites for hydroxylation is 2. The van der Waals surface area contributed by atoms with Gasteiger partial charge in [-0.1, -0.05) is 23.5 Å². The van der Waals surface area contributed by atoms with Crippen LogP contribution in [-0.4, -0.2) is 49.2 Å². The highest BCUT2D eigenvalue weighted by molar-refractivity contribution is 7.18. The minimum atomic E-state index is -1.12. The van der Waals surface area contributed by atoms with Crippen LogP contribution in [0.15, 0.2) is 48.2 Å². The van der Waals surface area contributed by atoms with Gasteiger partial charge in [0.25, 0.3) is 5.78 Å². The zero-order valence-corrected chi connectivity index (χ0v) is 21.2. The molecule has 0 spiro atoms. The predicted molar refractivity (Wildman–Crippen MR) is 136 cm³/mol. The van der Waals surface area contributed by atoms with Gasteiger partial charge in [0.2, 0.25) is 0 Å². The van der Waals surface area contributed by atoms with E-state index in [-0.39, 0.29) is 33.7 Å². The fourth-order valence-electron chi connectivity index (χ4n) is 4.55. The Labute approximate surface area is 215 Å². The average Bonchev–Trinajstić information content (AvgIpc) is 3.49. The number of aromatic nitrogens is 3. The van der Waals surface area contributed by atoms with E-state index in [9.17, 15) is 24.6 Å². The summed E-state index contributed by atoms with van der Waals surface area (Å²) in [7, 11) is 1.38. The number of pyridine rings is 1. The third-order valence-electron chi connectivity index (χ3n) is 6.20. The van der Waals surface area contributed by atoms with E-state index in [2.05, 4.69) is 9.97 Å². The summed E-state index contributed by atoms with van der Waals surface area (Å²) in [6.45, 7) is 4.74. The number of imidazole rings is 1. The van der Waals surface area contributed by atoms with Gasteiger partial charge in [0, 0.05) is 13.1 Å². The Morgan fingerprint density at radius 3 is 2.54 bits per heavy atom. The van der Waals surface area contributed by atoms with Gasteiger partial charge in [-0.15, -0.1) is 0 Å². The van der Waals surface area contributed by atoms with Crippen LogP contribution in [-0.2, 0) is 9.59 Å². The van der Waals surface area contributed by atoms with E-state index in [0.29, 0.717) is 27.5 Å². The van der Waals surface area contributed by atoms with Crippen molar-refractivity contribution in [2.45, 2.75) is 26.8 Å². The highest BCUT2D eigenvalue weighted by Gasteiger charge is 2.49. The summed E-state index contributed by atoms with van der Waals surface area (Å²) in [6, 6.07) is 8.59. The van der Waals surface area contributed by atoms with Crippen molar-refractivity contribution in [2.24, 2.45) is 0 Å². The van der Waals surface area contributed by atoms with Crippen molar-refractivity contribution >= 4 is 45.3 Å². The number of benzene rings is 1. The van der Waals surface area contributed by atoms with Gasteiger partial charge in [0.15, 0.2) is 28.2 Å². The second-order valence-electron chi connectivity index (χ2n) is 8.54. The van der Waals surface area contributed by atoms with Crippen LogP contribution >= 0.6 is 11.3 Å². The molecular weight excluding hydrogens is 496 g/mol. The lowest BCUT2D eigenvalue weighted by Crippen LogP contribution is -2.29. The third-order valence-corrected chi connectivity index (χ3v) is 7.46. The van der Waals surface area contributed by atoms with Gasteiger partial charge in [-0.05, 0) is 43.7 Å². The highest BCUT2D eigenvalue weighted by Crippen LogP contribution is 2.45. The van der Waals surface area contributed by atoms with Crippen LogP contribution in [0.5, 0.6) is 11.5 Å². The molecule has 4 aromatic rings. The van der Waals surface area contributed by atoms with Crippen molar-refractivity contribution in [3.8, 4) is 11.5 Å². The summed E-state index contributed by atoms with van der Waals surface area (Å²) < 4.78 is 6.88. The fraction of sp³-hybridized carbons (Fsp3) is 0.192. The molecule has 4 heterocycles. The number of aromatic hydroxyl groups is 1. The number of Topliss-reactive ketones (excluding diaryl/α,β-unsaturated/α-hetero) is 2. The molecule has 1 atom stereocenters. The lowest BCUT2D eigenvalue weighted by molar-refractivity contribution is -0.132. The number of rotatable bonds is 5. The van der Waals surface area contributed by atoms with E-state index in [0.717, 1.165) is 11.3 Å². The molecule has 1 aliphatic heterocycles. The average molecular weight is 519 g/mol. The third kappa shape index (κ3) is 3.75. The molecule has 188 valence electrons. The van der Waals surface area contributed by atoms with Gasteiger partial charge in [-0.3, -0.25) is 23.7 Å². The maximum atomic E-state index is 13.5. The van der Waals surface area contributed by atoms with E-state index < -0.39 is 23.5 Å². The van der Waals surface area contributed by atoms with Gasteiger partial charge < -0.3 is 14.9 Å². The minimum absolute atomic E-state index is 0.119. The molecule has 1 fully saturated rings. The molecule has 1 unspecified atom stereocenters. The Morgan fingerprint density at radius 1 is 1.11 bits per heavy atom. The van der Waals surface area contributed by atoms with Crippen LogP contribution in [0.25, 0.3) is 11.4 Å². The number of carbonyl (C=O) groups is 3. The molecule has 0 aliphatic carbocycles. The molecule has 37 heavy (non-hydrogen) atoms. The first-order valence-corrected chi connectivity index (χ1v) is 12.1. The smallest absolute Gasteiger partial charge is 0.301 e. The number of ether oxygens (including phenoxy) is 1. The molecular formula is C26H22N4O6S.